The molecule has 128 valence electrons. The first-order valence-electron chi connectivity index (χ1n) is 7.02. The van der Waals surface area contributed by atoms with Gasteiger partial charge in [0.1, 0.15) is 5.69 Å². The van der Waals surface area contributed by atoms with E-state index in [0.717, 1.165) is 0 Å². The third-order valence-corrected chi connectivity index (χ3v) is 4.51. The Morgan fingerprint density at radius 2 is 2.12 bits per heavy atom. The molecule has 1 aliphatic heterocycles. The minimum Gasteiger partial charge on any atom is -0.454 e. The van der Waals surface area contributed by atoms with Crippen LogP contribution in [0.25, 0.3) is 11.4 Å². The zero-order valence-electron chi connectivity index (χ0n) is 12.5. The van der Waals surface area contributed by atoms with Crippen LogP contribution in [0.15, 0.2) is 22.1 Å². The number of halogens is 1. The van der Waals surface area contributed by atoms with E-state index in [1.54, 1.807) is 17.5 Å². The number of hydrogen-bond acceptors (Lipinski definition) is 9. The largest absolute Gasteiger partial charge is 0.454 e. The van der Waals surface area contributed by atoms with Crippen LogP contribution >= 0.6 is 22.9 Å². The van der Waals surface area contributed by atoms with Crippen LogP contribution in [0.4, 0.5) is 10.9 Å². The highest BCUT2D eigenvalue weighted by Gasteiger charge is 2.19. The van der Waals surface area contributed by atoms with Crippen LogP contribution in [-0.4, -0.2) is 28.0 Å². The summed E-state index contributed by atoms with van der Waals surface area (Å²) in [7, 11) is 0. The third kappa shape index (κ3) is 3.08. The van der Waals surface area contributed by atoms with Gasteiger partial charge in [-0.1, -0.05) is 11.6 Å². The molecular formula is C14H10ClN5O4S. The van der Waals surface area contributed by atoms with Crippen molar-refractivity contribution in [1.82, 2.24) is 15.3 Å². The van der Waals surface area contributed by atoms with Crippen molar-refractivity contribution in [3.63, 3.8) is 0 Å². The summed E-state index contributed by atoms with van der Waals surface area (Å²) < 4.78 is 15.1. The summed E-state index contributed by atoms with van der Waals surface area (Å²) >= 11 is 7.41. The number of nitrogen functional groups attached to an aromatic ring is 1. The summed E-state index contributed by atoms with van der Waals surface area (Å²) in [5.74, 6) is 0.999. The number of hydrogen-bond donors (Lipinski definition) is 2. The van der Waals surface area contributed by atoms with Gasteiger partial charge in [-0.25, -0.2) is 9.61 Å². The lowest BCUT2D eigenvalue weighted by Gasteiger charge is -2.06. The van der Waals surface area contributed by atoms with E-state index in [1.807, 2.05) is 0 Å². The summed E-state index contributed by atoms with van der Waals surface area (Å²) in [5, 5.41) is 12.4. The number of nitrogens with two attached hydrogens (primary N) is 1. The molecule has 0 bridgehead atoms. The minimum absolute atomic E-state index is 0.0675. The van der Waals surface area contributed by atoms with Crippen molar-refractivity contribution < 1.29 is 18.9 Å². The molecule has 4 rings (SSSR count). The second kappa shape index (κ2) is 6.22. The molecule has 0 unspecified atom stereocenters. The number of ether oxygens (including phenoxy) is 2. The molecule has 1 amide bonds. The van der Waals surface area contributed by atoms with Gasteiger partial charge in [0, 0.05) is 16.5 Å². The van der Waals surface area contributed by atoms with E-state index in [-0.39, 0.29) is 24.9 Å². The van der Waals surface area contributed by atoms with E-state index >= 15 is 0 Å². The van der Waals surface area contributed by atoms with E-state index in [0.29, 0.717) is 38.6 Å². The van der Waals surface area contributed by atoms with Crippen LogP contribution in [-0.2, 0) is 11.2 Å². The van der Waals surface area contributed by atoms with Gasteiger partial charge in [-0.2, -0.15) is 0 Å². The predicted octanol–water partition coefficient (Wildman–Crippen LogP) is 2.34. The second-order valence-electron chi connectivity index (χ2n) is 5.06. The predicted molar refractivity (Wildman–Crippen MR) is 89.7 cm³/mol. The maximum Gasteiger partial charge on any atom is 0.231 e. The van der Waals surface area contributed by atoms with Gasteiger partial charge in [0.05, 0.1) is 6.42 Å². The summed E-state index contributed by atoms with van der Waals surface area (Å²) in [6, 6.07) is 3.33. The monoisotopic (exact) mass is 379 g/mol. The molecule has 3 aromatic rings. The van der Waals surface area contributed by atoms with Crippen LogP contribution in [0.2, 0.25) is 5.02 Å². The van der Waals surface area contributed by atoms with Crippen molar-refractivity contribution in [2.24, 2.45) is 0 Å². The topological polar surface area (TPSA) is 125 Å². The third-order valence-electron chi connectivity index (χ3n) is 3.40. The highest BCUT2D eigenvalue weighted by molar-refractivity contribution is 7.14. The van der Waals surface area contributed by atoms with Gasteiger partial charge in [-0.3, -0.25) is 4.79 Å². The first-order chi connectivity index (χ1) is 12.1. The highest BCUT2D eigenvalue weighted by atomic mass is 35.5. The molecule has 9 nitrogen and oxygen atoms in total. The fraction of sp³-hybridized carbons (Fsp3) is 0.143. The Morgan fingerprint density at radius 3 is 2.88 bits per heavy atom. The quantitative estimate of drug-likeness (QED) is 0.707. The van der Waals surface area contributed by atoms with E-state index in [2.05, 4.69) is 25.2 Å². The van der Waals surface area contributed by atoms with E-state index in [4.69, 9.17) is 26.8 Å². The molecular weight excluding hydrogens is 370 g/mol. The number of carbonyl (C=O) groups is 1. The molecule has 0 aliphatic carbocycles. The number of anilines is 2. The number of benzene rings is 1. The number of fused-ring (bicyclic) bond motifs is 1. The Hall–Kier alpha value is -2.85. The maximum absolute atomic E-state index is 12.3. The molecule has 25 heavy (non-hydrogen) atoms. The number of rotatable bonds is 4. The Balaban J connectivity index is 1.46. The first-order valence-corrected chi connectivity index (χ1v) is 8.27. The van der Waals surface area contributed by atoms with Crippen molar-refractivity contribution in [2.45, 2.75) is 6.42 Å². The number of thiazole rings is 1. The Bertz CT molecular complexity index is 957. The lowest BCUT2D eigenvalue weighted by Crippen LogP contribution is -2.14. The smallest absolute Gasteiger partial charge is 0.231 e. The molecule has 1 aliphatic rings. The number of nitrogens with zero attached hydrogens (tertiary/aromatic N) is 3. The van der Waals surface area contributed by atoms with Gasteiger partial charge in [-0.15, -0.1) is 11.3 Å². The molecule has 0 atom stereocenters. The highest BCUT2D eigenvalue weighted by Crippen LogP contribution is 2.37. The molecule has 2 aromatic heterocycles. The van der Waals surface area contributed by atoms with Gasteiger partial charge >= 0.3 is 0 Å². The standard InChI is InChI=1S/C14H10ClN5O4S/c15-7-3-10-9(22-5-23-10)1-6(7)2-11(21)18-14-17-8(4-25-14)12-13(16)20-24-19-12/h1,3-4H,2,5H2,(H2,16,20)(H,17,18,21). The number of nitrogens with one attached hydrogen (secondary N) is 1. The first kappa shape index (κ1) is 15.7. The van der Waals surface area contributed by atoms with Crippen LogP contribution in [0.3, 0.4) is 0 Å². The summed E-state index contributed by atoms with van der Waals surface area (Å²) in [6.07, 6.45) is 0.0675. The lowest BCUT2D eigenvalue weighted by molar-refractivity contribution is -0.115. The van der Waals surface area contributed by atoms with Crippen molar-refractivity contribution in [3.8, 4) is 22.9 Å². The van der Waals surface area contributed by atoms with Crippen LogP contribution < -0.4 is 20.5 Å². The van der Waals surface area contributed by atoms with Gasteiger partial charge < -0.3 is 20.5 Å². The fourth-order valence-electron chi connectivity index (χ4n) is 2.24. The van der Waals surface area contributed by atoms with E-state index in [1.165, 1.54) is 11.3 Å². The number of amides is 1. The lowest BCUT2D eigenvalue weighted by atomic mass is 10.1. The SMILES string of the molecule is Nc1nonc1-c1csc(NC(=O)Cc2cc3c(cc2Cl)OCO3)n1. The van der Waals surface area contributed by atoms with Crippen LogP contribution in [0.1, 0.15) is 5.56 Å². The van der Waals surface area contributed by atoms with E-state index in [9.17, 15) is 4.79 Å². The summed E-state index contributed by atoms with van der Waals surface area (Å²) in [5.41, 5.74) is 7.05. The molecule has 0 spiro atoms. The average Bonchev–Trinajstić information content (AvgIpc) is 3.28. The maximum atomic E-state index is 12.3. The molecule has 3 heterocycles. The van der Waals surface area contributed by atoms with Crippen molar-refractivity contribution in [3.05, 3.63) is 28.1 Å². The molecule has 1 aromatic carbocycles. The fourth-order valence-corrected chi connectivity index (χ4v) is 3.18. The number of aromatic nitrogens is 3. The van der Waals surface area contributed by atoms with Gasteiger partial charge in [0.25, 0.3) is 0 Å². The summed E-state index contributed by atoms with van der Waals surface area (Å²) in [4.78, 5) is 16.5. The molecule has 0 saturated heterocycles. The number of carbonyl (C=O) groups excluding carboxylic acids is 1. The second-order valence-corrected chi connectivity index (χ2v) is 6.32. The molecule has 3 N–H and O–H groups in total. The minimum atomic E-state index is -0.270. The molecule has 11 heteroatoms. The van der Waals surface area contributed by atoms with Crippen molar-refractivity contribution >= 4 is 39.8 Å². The van der Waals surface area contributed by atoms with Gasteiger partial charge in [0.2, 0.25) is 12.7 Å². The molecule has 0 saturated carbocycles. The zero-order valence-corrected chi connectivity index (χ0v) is 14.1. The van der Waals surface area contributed by atoms with Crippen LogP contribution in [0, 0.1) is 0 Å². The van der Waals surface area contributed by atoms with E-state index < -0.39 is 0 Å². The van der Waals surface area contributed by atoms with Gasteiger partial charge in [0.15, 0.2) is 28.1 Å². The normalized spacial score (nSPS) is 12.4. The van der Waals surface area contributed by atoms with Crippen molar-refractivity contribution in [2.75, 3.05) is 17.8 Å². The Kier molecular flexibility index (Phi) is 3.90. The van der Waals surface area contributed by atoms with Crippen LogP contribution in [0.5, 0.6) is 11.5 Å². The summed E-state index contributed by atoms with van der Waals surface area (Å²) in [6.45, 7) is 0.142. The average molecular weight is 380 g/mol. The molecule has 0 radical (unpaired) electrons. The Labute approximate surface area is 149 Å². The van der Waals surface area contributed by atoms with Gasteiger partial charge in [-0.05, 0) is 21.9 Å². The zero-order chi connectivity index (χ0) is 17.4. The molecule has 0 fully saturated rings. The van der Waals surface area contributed by atoms with Crippen molar-refractivity contribution in [1.29, 1.82) is 0 Å². The Morgan fingerprint density at radius 1 is 1.32 bits per heavy atom.